The third kappa shape index (κ3) is 7.36. The number of ether oxygens (including phenoxy) is 2. The van der Waals surface area contributed by atoms with Crippen LogP contribution in [0.5, 0.6) is 11.5 Å². The molecule has 1 fully saturated rings. The van der Waals surface area contributed by atoms with Crippen molar-refractivity contribution < 1.29 is 22.7 Å². The highest BCUT2D eigenvalue weighted by molar-refractivity contribution is 8.19. The van der Waals surface area contributed by atoms with E-state index in [1.54, 1.807) is 38.3 Å². The Hall–Kier alpha value is -2.78. The molecule has 0 radical (unpaired) electrons. The topological polar surface area (TPSA) is 85.3 Å². The Balaban J connectivity index is 1.72. The van der Waals surface area contributed by atoms with Gasteiger partial charge in [0.15, 0.2) is 16.7 Å². The van der Waals surface area contributed by atoms with Gasteiger partial charge >= 0.3 is 0 Å². The summed E-state index contributed by atoms with van der Waals surface area (Å²) in [4.78, 5) is 14.8. The molecular formula is C27H34N2O5S2. The zero-order chi connectivity index (χ0) is 26.0. The maximum atomic E-state index is 13.0. The van der Waals surface area contributed by atoms with Gasteiger partial charge in [0.25, 0.3) is 15.9 Å². The molecule has 1 saturated heterocycles. The standard InChI is InChI=1S/C27H34N2O5S2/c1-4-6-7-8-9-13-18-34-23-17-16-21(19-24(23)33-3)20-25-26(30)29(5-2)27(35-25)28-36(31,32)22-14-11-10-12-15-22/h10-12,14-17,19-20H,4-9,13,18H2,1-3H3/b25-20-,28-27+. The molecule has 2 aromatic carbocycles. The first-order chi connectivity index (χ1) is 17.4. The van der Waals surface area contributed by atoms with E-state index in [1.165, 1.54) is 42.7 Å². The Morgan fingerprint density at radius 3 is 2.39 bits per heavy atom. The van der Waals surface area contributed by atoms with Crippen LogP contribution in [0.1, 0.15) is 57.9 Å². The number of amides is 1. The molecular weight excluding hydrogens is 496 g/mol. The van der Waals surface area contributed by atoms with Crippen LogP contribution in [0.25, 0.3) is 6.08 Å². The Morgan fingerprint density at radius 2 is 1.69 bits per heavy atom. The first kappa shape index (κ1) is 27.8. The van der Waals surface area contributed by atoms with E-state index in [2.05, 4.69) is 11.3 Å². The Morgan fingerprint density at radius 1 is 0.972 bits per heavy atom. The number of likely N-dealkylation sites (N-methyl/N-ethyl adjacent to an activating group) is 1. The molecule has 0 spiro atoms. The molecule has 0 bridgehead atoms. The van der Waals surface area contributed by atoms with Crippen molar-refractivity contribution >= 4 is 38.9 Å². The summed E-state index contributed by atoms with van der Waals surface area (Å²) >= 11 is 1.05. The summed E-state index contributed by atoms with van der Waals surface area (Å²) < 4.78 is 40.8. The van der Waals surface area contributed by atoms with Gasteiger partial charge in [-0.05, 0) is 61.0 Å². The molecule has 0 atom stereocenters. The number of methoxy groups -OCH3 is 1. The van der Waals surface area contributed by atoms with E-state index in [0.29, 0.717) is 29.6 Å². The number of unbranched alkanes of at least 4 members (excludes halogenated alkanes) is 5. The van der Waals surface area contributed by atoms with Gasteiger partial charge in [-0.1, -0.05) is 63.3 Å². The lowest BCUT2D eigenvalue weighted by atomic mass is 10.1. The highest BCUT2D eigenvalue weighted by Crippen LogP contribution is 2.35. The van der Waals surface area contributed by atoms with Crippen LogP contribution >= 0.6 is 11.8 Å². The minimum atomic E-state index is -3.93. The summed E-state index contributed by atoms with van der Waals surface area (Å²) in [5.74, 6) is 0.954. The van der Waals surface area contributed by atoms with E-state index in [4.69, 9.17) is 9.47 Å². The molecule has 1 amide bonds. The van der Waals surface area contributed by atoms with E-state index in [9.17, 15) is 13.2 Å². The third-order valence-electron chi connectivity index (χ3n) is 5.68. The van der Waals surface area contributed by atoms with Gasteiger partial charge in [0.05, 0.1) is 23.5 Å². The van der Waals surface area contributed by atoms with Gasteiger partial charge in [-0.25, -0.2) is 0 Å². The zero-order valence-corrected chi connectivity index (χ0v) is 22.7. The Kier molecular flexibility index (Phi) is 10.4. The van der Waals surface area contributed by atoms with Crippen LogP contribution in [0.4, 0.5) is 0 Å². The molecule has 194 valence electrons. The van der Waals surface area contributed by atoms with Crippen molar-refractivity contribution in [1.82, 2.24) is 4.90 Å². The summed E-state index contributed by atoms with van der Waals surface area (Å²) in [5, 5.41) is 0.142. The van der Waals surface area contributed by atoms with Gasteiger partial charge in [-0.15, -0.1) is 4.40 Å². The molecule has 1 aliphatic heterocycles. The molecule has 2 aromatic rings. The lowest BCUT2D eigenvalue weighted by Gasteiger charge is -2.12. The van der Waals surface area contributed by atoms with E-state index in [0.717, 1.165) is 30.2 Å². The smallest absolute Gasteiger partial charge is 0.284 e. The number of carbonyl (C=O) groups is 1. The van der Waals surface area contributed by atoms with Crippen molar-refractivity contribution in [1.29, 1.82) is 0 Å². The van der Waals surface area contributed by atoms with Crippen molar-refractivity contribution in [3.8, 4) is 11.5 Å². The number of amidine groups is 1. The van der Waals surface area contributed by atoms with Gasteiger partial charge in [-0.2, -0.15) is 8.42 Å². The van der Waals surface area contributed by atoms with Crippen LogP contribution in [-0.2, 0) is 14.8 Å². The molecule has 3 rings (SSSR count). The summed E-state index contributed by atoms with van der Waals surface area (Å²) in [6.45, 7) is 4.92. The molecule has 0 aromatic heterocycles. The molecule has 36 heavy (non-hydrogen) atoms. The summed E-state index contributed by atoms with van der Waals surface area (Å²) in [7, 11) is -2.35. The Labute approximate surface area is 218 Å². The molecule has 0 saturated carbocycles. The minimum Gasteiger partial charge on any atom is -0.493 e. The molecule has 9 heteroatoms. The van der Waals surface area contributed by atoms with Crippen LogP contribution in [0.3, 0.4) is 0 Å². The molecule has 0 unspecified atom stereocenters. The number of benzene rings is 2. The molecule has 0 aliphatic carbocycles. The molecule has 7 nitrogen and oxygen atoms in total. The second-order valence-corrected chi connectivity index (χ2v) is 11.0. The highest BCUT2D eigenvalue weighted by Gasteiger charge is 2.34. The third-order valence-corrected chi connectivity index (χ3v) is 8.09. The fraction of sp³-hybridized carbons (Fsp3) is 0.407. The second kappa shape index (κ2) is 13.5. The van der Waals surface area contributed by atoms with Crippen LogP contribution < -0.4 is 9.47 Å². The fourth-order valence-corrected chi connectivity index (χ4v) is 5.98. The SMILES string of the molecule is CCCCCCCCOc1ccc(/C=C2\S/C(=N/S(=O)(=O)c3ccccc3)N(CC)C2=O)cc1OC. The van der Waals surface area contributed by atoms with E-state index >= 15 is 0 Å². The lowest BCUT2D eigenvalue weighted by Crippen LogP contribution is -2.29. The quantitative estimate of drug-likeness (QED) is 0.229. The fourth-order valence-electron chi connectivity index (χ4n) is 3.71. The van der Waals surface area contributed by atoms with Gasteiger partial charge in [0.2, 0.25) is 0 Å². The van der Waals surface area contributed by atoms with E-state index in [1.807, 2.05) is 18.2 Å². The predicted molar refractivity (Wildman–Crippen MR) is 146 cm³/mol. The number of rotatable bonds is 13. The van der Waals surface area contributed by atoms with E-state index < -0.39 is 10.0 Å². The predicted octanol–water partition coefficient (Wildman–Crippen LogP) is 6.12. The van der Waals surface area contributed by atoms with Crippen molar-refractivity contribution in [2.75, 3.05) is 20.3 Å². The molecule has 1 aliphatic rings. The number of carbonyl (C=O) groups excluding carboxylic acids is 1. The van der Waals surface area contributed by atoms with Crippen molar-refractivity contribution in [2.24, 2.45) is 4.40 Å². The minimum absolute atomic E-state index is 0.0836. The normalized spacial score (nSPS) is 16.2. The Bertz CT molecular complexity index is 1190. The lowest BCUT2D eigenvalue weighted by molar-refractivity contribution is -0.122. The molecule has 1 heterocycles. The van der Waals surface area contributed by atoms with Gasteiger partial charge < -0.3 is 9.47 Å². The van der Waals surface area contributed by atoms with Crippen molar-refractivity contribution in [3.63, 3.8) is 0 Å². The first-order valence-electron chi connectivity index (χ1n) is 12.3. The summed E-state index contributed by atoms with van der Waals surface area (Å²) in [5.41, 5.74) is 0.748. The van der Waals surface area contributed by atoms with Gasteiger partial charge in [0, 0.05) is 6.54 Å². The number of sulfonamides is 1. The molecule has 0 N–H and O–H groups in total. The maximum absolute atomic E-state index is 13.0. The highest BCUT2D eigenvalue weighted by atomic mass is 32.2. The van der Waals surface area contributed by atoms with Crippen molar-refractivity contribution in [3.05, 3.63) is 59.0 Å². The summed E-state index contributed by atoms with van der Waals surface area (Å²) in [6, 6.07) is 13.5. The van der Waals surface area contributed by atoms with Crippen LogP contribution in [0.15, 0.2) is 62.7 Å². The number of hydrogen-bond donors (Lipinski definition) is 0. The van der Waals surface area contributed by atoms with Crippen LogP contribution in [0, 0.1) is 0 Å². The average Bonchev–Trinajstić information content (AvgIpc) is 3.17. The monoisotopic (exact) mass is 530 g/mol. The van der Waals surface area contributed by atoms with Gasteiger partial charge in [0.1, 0.15) is 0 Å². The van der Waals surface area contributed by atoms with Crippen molar-refractivity contribution in [2.45, 2.75) is 57.3 Å². The average molecular weight is 531 g/mol. The van der Waals surface area contributed by atoms with Crippen LogP contribution in [0.2, 0.25) is 0 Å². The van der Waals surface area contributed by atoms with Crippen LogP contribution in [-0.4, -0.2) is 44.7 Å². The summed E-state index contributed by atoms with van der Waals surface area (Å²) in [6.07, 6.45) is 8.84. The first-order valence-corrected chi connectivity index (χ1v) is 14.6. The van der Waals surface area contributed by atoms with Gasteiger partial charge in [-0.3, -0.25) is 9.69 Å². The zero-order valence-electron chi connectivity index (χ0n) is 21.1. The maximum Gasteiger partial charge on any atom is 0.284 e. The van der Waals surface area contributed by atoms with E-state index in [-0.39, 0.29) is 16.0 Å². The number of nitrogens with zero attached hydrogens (tertiary/aromatic N) is 2. The number of hydrogen-bond acceptors (Lipinski definition) is 6. The number of thioether (sulfide) groups is 1. The second-order valence-electron chi connectivity index (χ2n) is 8.35. The largest absolute Gasteiger partial charge is 0.493 e.